The number of carbonyl (C=O) groups is 1. The van der Waals surface area contributed by atoms with Crippen molar-refractivity contribution in [3.63, 3.8) is 0 Å². The number of carbonyl (C=O) groups excluding carboxylic acids is 1. The molecular weight excluding hydrogens is 347 g/mol. The lowest BCUT2D eigenvalue weighted by Crippen LogP contribution is -2.36. The van der Waals surface area contributed by atoms with Crippen LogP contribution in [0.3, 0.4) is 0 Å². The van der Waals surface area contributed by atoms with Gasteiger partial charge >= 0.3 is 0 Å². The summed E-state index contributed by atoms with van der Waals surface area (Å²) in [5, 5.41) is 2.94. The second-order valence-corrected chi connectivity index (χ2v) is 6.67. The van der Waals surface area contributed by atoms with Crippen molar-refractivity contribution in [3.8, 4) is 5.75 Å². The van der Waals surface area contributed by atoms with Crippen molar-refractivity contribution in [1.82, 2.24) is 0 Å². The standard InChI is InChI=1S/C21H25FN2O3/c1-15(13-16-5-3-4-6-18(16)22)21(25)23-19-14-17(7-8-20(19)26-2)24-9-11-27-12-10-24/h3-8,14-15H,9-13H2,1-2H3,(H,23,25). The zero-order valence-corrected chi connectivity index (χ0v) is 15.7. The van der Waals surface area contributed by atoms with Crippen LogP contribution >= 0.6 is 0 Å². The van der Waals surface area contributed by atoms with Crippen molar-refractivity contribution < 1.29 is 18.7 Å². The van der Waals surface area contributed by atoms with Crippen LogP contribution in [0.5, 0.6) is 5.75 Å². The lowest BCUT2D eigenvalue weighted by atomic mass is 10.00. The van der Waals surface area contributed by atoms with Crippen LogP contribution in [0.4, 0.5) is 15.8 Å². The summed E-state index contributed by atoms with van der Waals surface area (Å²) in [6.45, 7) is 4.79. The van der Waals surface area contributed by atoms with Gasteiger partial charge < -0.3 is 19.7 Å². The maximum atomic E-state index is 13.9. The molecule has 1 saturated heterocycles. The minimum absolute atomic E-state index is 0.171. The predicted octanol–water partition coefficient (Wildman–Crippen LogP) is 3.49. The first-order valence-electron chi connectivity index (χ1n) is 9.13. The summed E-state index contributed by atoms with van der Waals surface area (Å²) >= 11 is 0. The number of methoxy groups -OCH3 is 1. The Bertz CT molecular complexity index is 791. The first kappa shape index (κ1) is 19.2. The molecule has 27 heavy (non-hydrogen) atoms. The minimum Gasteiger partial charge on any atom is -0.495 e. The van der Waals surface area contributed by atoms with Crippen LogP contribution in [-0.4, -0.2) is 39.3 Å². The third-order valence-corrected chi connectivity index (χ3v) is 4.75. The van der Waals surface area contributed by atoms with Crippen molar-refractivity contribution in [1.29, 1.82) is 0 Å². The number of hydrogen-bond acceptors (Lipinski definition) is 4. The second kappa shape index (κ2) is 8.86. The van der Waals surface area contributed by atoms with Crippen molar-refractivity contribution in [2.45, 2.75) is 13.3 Å². The summed E-state index contributed by atoms with van der Waals surface area (Å²) in [4.78, 5) is 14.9. The highest BCUT2D eigenvalue weighted by molar-refractivity contribution is 5.94. The van der Waals surface area contributed by atoms with Crippen molar-refractivity contribution >= 4 is 17.3 Å². The molecule has 1 N–H and O–H groups in total. The summed E-state index contributed by atoms with van der Waals surface area (Å²) in [7, 11) is 1.57. The van der Waals surface area contributed by atoms with Crippen LogP contribution in [0.15, 0.2) is 42.5 Å². The highest BCUT2D eigenvalue weighted by atomic mass is 19.1. The van der Waals surface area contributed by atoms with E-state index in [9.17, 15) is 9.18 Å². The molecule has 1 unspecified atom stereocenters. The van der Waals surface area contributed by atoms with E-state index in [0.29, 0.717) is 36.6 Å². The Hall–Kier alpha value is -2.60. The molecule has 1 amide bonds. The number of amides is 1. The number of nitrogens with zero attached hydrogens (tertiary/aromatic N) is 1. The average Bonchev–Trinajstić information content (AvgIpc) is 2.70. The van der Waals surface area contributed by atoms with Gasteiger partial charge in [-0.25, -0.2) is 4.39 Å². The molecule has 1 fully saturated rings. The monoisotopic (exact) mass is 372 g/mol. The average molecular weight is 372 g/mol. The van der Waals surface area contributed by atoms with Crippen molar-refractivity contribution in [2.24, 2.45) is 5.92 Å². The molecule has 2 aromatic carbocycles. The molecule has 1 heterocycles. The van der Waals surface area contributed by atoms with Crippen molar-refractivity contribution in [2.75, 3.05) is 43.6 Å². The van der Waals surface area contributed by atoms with Crippen molar-refractivity contribution in [3.05, 3.63) is 53.8 Å². The molecule has 2 aromatic rings. The molecule has 1 aliphatic rings. The molecule has 144 valence electrons. The summed E-state index contributed by atoms with van der Waals surface area (Å²) in [5.41, 5.74) is 2.16. The fraction of sp³-hybridized carbons (Fsp3) is 0.381. The van der Waals surface area contributed by atoms with E-state index in [4.69, 9.17) is 9.47 Å². The molecule has 1 aliphatic heterocycles. The maximum absolute atomic E-state index is 13.9. The lowest BCUT2D eigenvalue weighted by molar-refractivity contribution is -0.119. The van der Waals surface area contributed by atoms with Gasteiger partial charge in [0.05, 0.1) is 26.0 Å². The number of ether oxygens (including phenoxy) is 2. The zero-order valence-electron chi connectivity index (χ0n) is 15.7. The Balaban J connectivity index is 1.72. The zero-order chi connectivity index (χ0) is 19.2. The van der Waals surface area contributed by atoms with E-state index in [-0.39, 0.29) is 17.6 Å². The van der Waals surface area contributed by atoms with E-state index >= 15 is 0 Å². The van der Waals surface area contributed by atoms with E-state index in [0.717, 1.165) is 18.8 Å². The van der Waals surface area contributed by atoms with Crippen LogP contribution in [0.1, 0.15) is 12.5 Å². The van der Waals surface area contributed by atoms with Gasteiger partial charge in [0.25, 0.3) is 0 Å². The summed E-state index contributed by atoms with van der Waals surface area (Å²) in [5.74, 6) is -0.239. The molecular formula is C21H25FN2O3. The molecule has 0 saturated carbocycles. The van der Waals surface area contributed by atoms with E-state index in [1.165, 1.54) is 6.07 Å². The molecule has 1 atom stereocenters. The minimum atomic E-state index is -0.376. The molecule has 0 radical (unpaired) electrons. The maximum Gasteiger partial charge on any atom is 0.227 e. The van der Waals surface area contributed by atoms with Crippen LogP contribution in [0, 0.1) is 11.7 Å². The number of nitrogens with one attached hydrogen (secondary N) is 1. The normalized spacial score (nSPS) is 15.3. The van der Waals surface area contributed by atoms with Gasteiger partial charge in [-0.05, 0) is 36.2 Å². The second-order valence-electron chi connectivity index (χ2n) is 6.67. The number of anilines is 2. The predicted molar refractivity (Wildman–Crippen MR) is 104 cm³/mol. The number of rotatable bonds is 6. The van der Waals surface area contributed by atoms with Gasteiger partial charge in [0.2, 0.25) is 5.91 Å². The fourth-order valence-electron chi connectivity index (χ4n) is 3.15. The quantitative estimate of drug-likeness (QED) is 0.843. The van der Waals surface area contributed by atoms with Crippen LogP contribution in [0.2, 0.25) is 0 Å². The van der Waals surface area contributed by atoms with E-state index in [1.54, 1.807) is 32.2 Å². The Morgan fingerprint density at radius 1 is 1.26 bits per heavy atom. The largest absolute Gasteiger partial charge is 0.495 e. The lowest BCUT2D eigenvalue weighted by Gasteiger charge is -2.29. The highest BCUT2D eigenvalue weighted by Crippen LogP contribution is 2.30. The number of hydrogen-bond donors (Lipinski definition) is 1. The summed E-state index contributed by atoms with van der Waals surface area (Å²) in [6, 6.07) is 12.3. The fourth-order valence-corrected chi connectivity index (χ4v) is 3.15. The third-order valence-electron chi connectivity index (χ3n) is 4.75. The van der Waals surface area contributed by atoms with Gasteiger partial charge in [0.15, 0.2) is 0 Å². The van der Waals surface area contributed by atoms with Gasteiger partial charge in [-0.1, -0.05) is 25.1 Å². The number of morpholine rings is 1. The topological polar surface area (TPSA) is 50.8 Å². The first-order chi connectivity index (χ1) is 13.1. The van der Waals surface area contributed by atoms with Gasteiger partial charge in [0, 0.05) is 24.7 Å². The Kier molecular flexibility index (Phi) is 6.29. The van der Waals surface area contributed by atoms with E-state index in [2.05, 4.69) is 10.2 Å². The van der Waals surface area contributed by atoms with Gasteiger partial charge in [-0.3, -0.25) is 4.79 Å². The Morgan fingerprint density at radius 2 is 2.00 bits per heavy atom. The first-order valence-corrected chi connectivity index (χ1v) is 9.13. The van der Waals surface area contributed by atoms with Gasteiger partial charge in [0.1, 0.15) is 11.6 Å². The van der Waals surface area contributed by atoms with E-state index < -0.39 is 0 Å². The molecule has 0 bridgehead atoms. The molecule has 6 heteroatoms. The van der Waals surface area contributed by atoms with Gasteiger partial charge in [-0.15, -0.1) is 0 Å². The molecule has 5 nitrogen and oxygen atoms in total. The molecule has 0 aliphatic carbocycles. The molecule has 0 aromatic heterocycles. The highest BCUT2D eigenvalue weighted by Gasteiger charge is 2.19. The van der Waals surface area contributed by atoms with E-state index in [1.807, 2.05) is 18.2 Å². The summed E-state index contributed by atoms with van der Waals surface area (Å²) in [6.07, 6.45) is 0.337. The third kappa shape index (κ3) is 4.77. The smallest absolute Gasteiger partial charge is 0.227 e. The van der Waals surface area contributed by atoms with Crippen LogP contribution in [-0.2, 0) is 16.0 Å². The Labute approximate surface area is 159 Å². The van der Waals surface area contributed by atoms with Gasteiger partial charge in [-0.2, -0.15) is 0 Å². The van der Waals surface area contributed by atoms with Crippen LogP contribution in [0.25, 0.3) is 0 Å². The molecule has 3 rings (SSSR count). The molecule has 0 spiro atoms. The Morgan fingerprint density at radius 3 is 2.70 bits per heavy atom. The van der Waals surface area contributed by atoms with Crippen LogP contribution < -0.4 is 15.0 Å². The summed E-state index contributed by atoms with van der Waals surface area (Å²) < 4.78 is 24.6. The number of benzene rings is 2. The SMILES string of the molecule is COc1ccc(N2CCOCC2)cc1NC(=O)C(C)Cc1ccccc1F. The number of halogens is 1.